The molecule has 0 aromatic rings. The number of sulfonamides is 1. The number of hydrogen-bond donors (Lipinski definition) is 2. The second-order valence-electron chi connectivity index (χ2n) is 3.66. The van der Waals surface area contributed by atoms with E-state index in [1.54, 1.807) is 0 Å². The molecule has 1 rings (SSSR count). The second-order valence-corrected chi connectivity index (χ2v) is 5.34. The number of rotatable bonds is 2. The fourth-order valence-corrected chi connectivity index (χ4v) is 3.00. The summed E-state index contributed by atoms with van der Waals surface area (Å²) in [5.74, 6) is -0.978. The van der Waals surface area contributed by atoms with Gasteiger partial charge in [0.25, 0.3) is 0 Å². The molecule has 0 aromatic carbocycles. The molecule has 15 heavy (non-hydrogen) atoms. The Labute approximate surface area is 86.1 Å². The van der Waals surface area contributed by atoms with Gasteiger partial charge in [-0.25, -0.2) is 13.6 Å². The van der Waals surface area contributed by atoms with Crippen molar-refractivity contribution in [3.63, 3.8) is 0 Å². The van der Waals surface area contributed by atoms with Gasteiger partial charge in [-0.2, -0.15) is 13.2 Å². The van der Waals surface area contributed by atoms with Crippen LogP contribution < -0.4 is 10.5 Å². The summed E-state index contributed by atoms with van der Waals surface area (Å²) in [7, 11) is -4.59. The molecule has 4 nitrogen and oxygen atoms in total. The first kappa shape index (κ1) is 12.7. The van der Waals surface area contributed by atoms with Crippen molar-refractivity contribution in [1.82, 2.24) is 5.32 Å². The number of nitrogens with two attached hydrogens (primary N) is 1. The Morgan fingerprint density at radius 3 is 2.33 bits per heavy atom. The molecule has 3 N–H and O–H groups in total. The lowest BCUT2D eigenvalue weighted by molar-refractivity contribution is -0.141. The van der Waals surface area contributed by atoms with Gasteiger partial charge in [0.2, 0.25) is 10.0 Å². The third kappa shape index (κ3) is 3.32. The molecule has 0 aliphatic carbocycles. The summed E-state index contributed by atoms with van der Waals surface area (Å²) < 4.78 is 59.4. The number of hydrogen-bond acceptors (Lipinski definition) is 3. The number of piperidine rings is 1. The van der Waals surface area contributed by atoms with Crippen molar-refractivity contribution in [2.75, 3.05) is 13.1 Å². The van der Waals surface area contributed by atoms with Crippen LogP contribution in [0.15, 0.2) is 0 Å². The second kappa shape index (κ2) is 4.26. The normalized spacial score (nSPS) is 26.3. The van der Waals surface area contributed by atoms with Crippen LogP contribution in [-0.4, -0.2) is 32.9 Å². The highest BCUT2D eigenvalue weighted by atomic mass is 32.2. The Bertz CT molecular complexity index is 309. The fourth-order valence-electron chi connectivity index (χ4n) is 1.86. The molecular weight excluding hydrogens is 233 g/mol. The predicted molar refractivity (Wildman–Crippen MR) is 48.5 cm³/mol. The maximum Gasteiger partial charge on any atom is 0.407 e. The van der Waals surface area contributed by atoms with Gasteiger partial charge in [0.05, 0.1) is 0 Å². The van der Waals surface area contributed by atoms with E-state index in [2.05, 4.69) is 10.5 Å². The molecule has 8 heteroatoms. The molecule has 1 fully saturated rings. The Kier molecular flexibility index (Phi) is 3.62. The molecule has 0 radical (unpaired) electrons. The number of halogens is 3. The fraction of sp³-hybridized carbons (Fsp3) is 1.00. The molecule has 0 bridgehead atoms. The minimum absolute atomic E-state index is 0.0423. The van der Waals surface area contributed by atoms with Gasteiger partial charge >= 0.3 is 6.18 Å². The SMILES string of the molecule is NS(=O)(=O)C(C1CCCNC1)C(F)(F)F. The van der Waals surface area contributed by atoms with Crippen LogP contribution in [0.1, 0.15) is 12.8 Å². The summed E-state index contributed by atoms with van der Waals surface area (Å²) in [6.07, 6.45) is -4.03. The molecule has 1 aliphatic rings. The lowest BCUT2D eigenvalue weighted by Crippen LogP contribution is -2.50. The topological polar surface area (TPSA) is 72.2 Å². The number of nitrogens with one attached hydrogen (secondary N) is 1. The maximum absolute atomic E-state index is 12.5. The van der Waals surface area contributed by atoms with Gasteiger partial charge in [-0.15, -0.1) is 0 Å². The largest absolute Gasteiger partial charge is 0.407 e. The summed E-state index contributed by atoms with van der Waals surface area (Å²) in [4.78, 5) is 0. The molecule has 90 valence electrons. The molecule has 2 unspecified atom stereocenters. The molecule has 0 aromatic heterocycles. The van der Waals surface area contributed by atoms with Gasteiger partial charge < -0.3 is 5.32 Å². The monoisotopic (exact) mass is 246 g/mol. The number of primary sulfonamides is 1. The lowest BCUT2D eigenvalue weighted by atomic mass is 9.95. The first-order valence-corrected chi connectivity index (χ1v) is 6.13. The first-order valence-electron chi connectivity index (χ1n) is 4.52. The minimum atomic E-state index is -4.79. The van der Waals surface area contributed by atoms with Gasteiger partial charge in [0.15, 0.2) is 5.25 Å². The van der Waals surface area contributed by atoms with E-state index in [9.17, 15) is 21.6 Å². The average molecular weight is 246 g/mol. The number of alkyl halides is 3. The molecule has 2 atom stereocenters. The molecule has 1 saturated heterocycles. The van der Waals surface area contributed by atoms with Gasteiger partial charge in [0.1, 0.15) is 0 Å². The van der Waals surface area contributed by atoms with E-state index in [0.29, 0.717) is 13.0 Å². The highest BCUT2D eigenvalue weighted by molar-refractivity contribution is 7.89. The molecule has 1 heterocycles. The summed E-state index contributed by atoms with van der Waals surface area (Å²) >= 11 is 0. The maximum atomic E-state index is 12.5. The van der Waals surface area contributed by atoms with Crippen LogP contribution in [0.4, 0.5) is 13.2 Å². The van der Waals surface area contributed by atoms with Crippen molar-refractivity contribution in [3.8, 4) is 0 Å². The Morgan fingerprint density at radius 1 is 1.40 bits per heavy atom. The zero-order chi connectivity index (χ0) is 11.7. The van der Waals surface area contributed by atoms with Crippen LogP contribution in [0, 0.1) is 5.92 Å². The third-order valence-corrected chi connectivity index (χ3v) is 3.80. The first-order chi connectivity index (χ1) is 6.73. The van der Waals surface area contributed by atoms with Gasteiger partial charge in [-0.05, 0) is 31.8 Å². The summed E-state index contributed by atoms with van der Waals surface area (Å²) in [6.45, 7) is 0.659. The van der Waals surface area contributed by atoms with Crippen LogP contribution in [0.25, 0.3) is 0 Å². The minimum Gasteiger partial charge on any atom is -0.316 e. The van der Waals surface area contributed by atoms with Crippen molar-refractivity contribution < 1.29 is 21.6 Å². The molecule has 1 aliphatic heterocycles. The quantitative estimate of drug-likeness (QED) is 0.731. The molecular formula is C7H13F3N2O2S. The van der Waals surface area contributed by atoms with E-state index in [-0.39, 0.29) is 13.0 Å². The van der Waals surface area contributed by atoms with Crippen LogP contribution in [0.3, 0.4) is 0 Å². The third-order valence-electron chi connectivity index (χ3n) is 2.44. The van der Waals surface area contributed by atoms with Crippen molar-refractivity contribution in [2.24, 2.45) is 11.1 Å². The van der Waals surface area contributed by atoms with E-state index in [1.165, 1.54) is 0 Å². The van der Waals surface area contributed by atoms with Gasteiger partial charge in [-0.1, -0.05) is 0 Å². The van der Waals surface area contributed by atoms with Gasteiger partial charge in [-0.3, -0.25) is 0 Å². The summed E-state index contributed by atoms with van der Waals surface area (Å²) in [5, 5.41) is 4.91. The predicted octanol–water partition coefficient (Wildman–Crippen LogP) is 0.205. The van der Waals surface area contributed by atoms with Gasteiger partial charge in [0, 0.05) is 0 Å². The molecule has 0 spiro atoms. The molecule has 0 saturated carbocycles. The van der Waals surface area contributed by atoms with Crippen LogP contribution in [-0.2, 0) is 10.0 Å². The van der Waals surface area contributed by atoms with Crippen molar-refractivity contribution in [2.45, 2.75) is 24.3 Å². The van der Waals surface area contributed by atoms with E-state index in [1.807, 2.05) is 0 Å². The van der Waals surface area contributed by atoms with Crippen molar-refractivity contribution >= 4 is 10.0 Å². The standard InChI is InChI=1S/C7H13F3N2O2S/c8-7(9,10)6(15(11,13)14)5-2-1-3-12-4-5/h5-6,12H,1-4H2,(H2,11,13,14). The van der Waals surface area contributed by atoms with E-state index in [0.717, 1.165) is 0 Å². The zero-order valence-electron chi connectivity index (χ0n) is 7.92. The van der Waals surface area contributed by atoms with E-state index >= 15 is 0 Å². The van der Waals surface area contributed by atoms with Crippen LogP contribution in [0.2, 0.25) is 0 Å². The Hall–Kier alpha value is -0.340. The van der Waals surface area contributed by atoms with E-state index in [4.69, 9.17) is 0 Å². The van der Waals surface area contributed by atoms with Crippen molar-refractivity contribution in [1.29, 1.82) is 0 Å². The highest BCUT2D eigenvalue weighted by Crippen LogP contribution is 2.33. The van der Waals surface area contributed by atoms with E-state index < -0.39 is 27.4 Å². The average Bonchev–Trinajstić information content (AvgIpc) is 2.00. The highest BCUT2D eigenvalue weighted by Gasteiger charge is 2.51. The summed E-state index contributed by atoms with van der Waals surface area (Å²) in [5.41, 5.74) is 0. The van der Waals surface area contributed by atoms with Crippen LogP contribution >= 0.6 is 0 Å². The Morgan fingerprint density at radius 2 is 2.00 bits per heavy atom. The lowest BCUT2D eigenvalue weighted by Gasteiger charge is -2.30. The molecule has 0 amide bonds. The van der Waals surface area contributed by atoms with Crippen molar-refractivity contribution in [3.05, 3.63) is 0 Å². The zero-order valence-corrected chi connectivity index (χ0v) is 8.74. The summed E-state index contributed by atoms with van der Waals surface area (Å²) in [6, 6.07) is 0. The van der Waals surface area contributed by atoms with Crippen LogP contribution in [0.5, 0.6) is 0 Å². The Balaban J connectivity index is 2.91. The smallest absolute Gasteiger partial charge is 0.316 e.